The number of hydrogen-bond donors (Lipinski definition) is 2. The Labute approximate surface area is 104 Å². The minimum atomic E-state index is 0.0633. The van der Waals surface area contributed by atoms with E-state index in [1.165, 1.54) is 0 Å². The predicted octanol–water partition coefficient (Wildman–Crippen LogP) is 2.24. The van der Waals surface area contributed by atoms with Crippen LogP contribution in [0.25, 0.3) is 0 Å². The molecule has 1 fully saturated rings. The van der Waals surface area contributed by atoms with Gasteiger partial charge in [0.1, 0.15) is 0 Å². The molecule has 1 amide bonds. The summed E-state index contributed by atoms with van der Waals surface area (Å²) < 4.78 is 0.919. The molecule has 0 bridgehead atoms. The fraction of sp³-hybridized carbons (Fsp3) is 0.417. The van der Waals surface area contributed by atoms with Crippen LogP contribution in [0, 0.1) is 11.8 Å². The van der Waals surface area contributed by atoms with Crippen molar-refractivity contribution < 1.29 is 4.79 Å². The lowest BCUT2D eigenvalue weighted by Gasteiger charge is -2.31. The summed E-state index contributed by atoms with van der Waals surface area (Å²) in [5.41, 5.74) is 0.839. The Bertz CT molecular complexity index is 390. The highest BCUT2D eigenvalue weighted by Gasteiger charge is 2.28. The summed E-state index contributed by atoms with van der Waals surface area (Å²) in [6, 6.07) is 7.66. The van der Waals surface area contributed by atoms with Gasteiger partial charge in [0.05, 0.1) is 5.69 Å². The van der Waals surface area contributed by atoms with Crippen molar-refractivity contribution in [3.05, 3.63) is 28.7 Å². The van der Waals surface area contributed by atoms with Crippen molar-refractivity contribution in [1.82, 2.24) is 5.32 Å². The number of para-hydroxylation sites is 1. The molecule has 3 nitrogen and oxygen atoms in total. The van der Waals surface area contributed by atoms with Crippen molar-refractivity contribution in [2.45, 2.75) is 6.92 Å². The van der Waals surface area contributed by atoms with E-state index in [4.69, 9.17) is 0 Å². The van der Waals surface area contributed by atoms with Gasteiger partial charge in [0.25, 0.3) is 0 Å². The summed E-state index contributed by atoms with van der Waals surface area (Å²) in [5, 5.41) is 6.13. The average molecular weight is 283 g/mol. The van der Waals surface area contributed by atoms with E-state index >= 15 is 0 Å². The monoisotopic (exact) mass is 282 g/mol. The summed E-state index contributed by atoms with van der Waals surface area (Å²) in [4.78, 5) is 11.9. The zero-order valence-corrected chi connectivity index (χ0v) is 10.8. The van der Waals surface area contributed by atoms with Crippen LogP contribution in [-0.2, 0) is 4.79 Å². The minimum Gasteiger partial charge on any atom is -0.325 e. The summed E-state index contributed by atoms with van der Waals surface area (Å²) in [7, 11) is 0. The molecule has 2 N–H and O–H groups in total. The quantitative estimate of drug-likeness (QED) is 0.893. The lowest BCUT2D eigenvalue weighted by molar-refractivity contribution is -0.121. The molecule has 1 heterocycles. The first kappa shape index (κ1) is 11.6. The van der Waals surface area contributed by atoms with Crippen LogP contribution in [0.15, 0.2) is 28.7 Å². The Kier molecular flexibility index (Phi) is 3.61. The molecule has 1 unspecified atom stereocenters. The second kappa shape index (κ2) is 4.97. The highest BCUT2D eigenvalue weighted by molar-refractivity contribution is 9.10. The van der Waals surface area contributed by atoms with Gasteiger partial charge in [-0.25, -0.2) is 0 Å². The van der Waals surface area contributed by atoms with Gasteiger partial charge in [-0.2, -0.15) is 0 Å². The first-order valence-electron chi connectivity index (χ1n) is 5.44. The summed E-state index contributed by atoms with van der Waals surface area (Å²) >= 11 is 3.41. The second-order valence-corrected chi connectivity index (χ2v) is 5.03. The highest BCUT2D eigenvalue weighted by atomic mass is 79.9. The van der Waals surface area contributed by atoms with Gasteiger partial charge in [0, 0.05) is 10.4 Å². The molecular formula is C12H15BrN2O. The van der Waals surface area contributed by atoms with Crippen LogP contribution in [0.2, 0.25) is 0 Å². The average Bonchev–Trinajstić information content (AvgIpc) is 2.18. The third-order valence-corrected chi connectivity index (χ3v) is 3.76. The number of anilines is 1. The van der Waals surface area contributed by atoms with Crippen molar-refractivity contribution in [1.29, 1.82) is 0 Å². The largest absolute Gasteiger partial charge is 0.325 e. The maximum Gasteiger partial charge on any atom is 0.227 e. The fourth-order valence-electron chi connectivity index (χ4n) is 1.69. The summed E-state index contributed by atoms with van der Waals surface area (Å²) in [6.07, 6.45) is 0. The van der Waals surface area contributed by atoms with Crippen molar-refractivity contribution in [3.63, 3.8) is 0 Å². The van der Waals surface area contributed by atoms with Gasteiger partial charge in [-0.15, -0.1) is 0 Å². The molecule has 0 aromatic heterocycles. The van der Waals surface area contributed by atoms with E-state index in [0.717, 1.165) is 23.2 Å². The molecule has 16 heavy (non-hydrogen) atoms. The third-order valence-electron chi connectivity index (χ3n) is 3.07. The lowest BCUT2D eigenvalue weighted by Crippen LogP contribution is -2.48. The Hall–Kier alpha value is -0.870. The van der Waals surface area contributed by atoms with Gasteiger partial charge in [-0.3, -0.25) is 4.79 Å². The molecule has 1 aliphatic rings. The first-order valence-corrected chi connectivity index (χ1v) is 6.24. The molecule has 4 heteroatoms. The number of benzene rings is 1. The third kappa shape index (κ3) is 2.44. The zero-order valence-electron chi connectivity index (χ0n) is 9.16. The highest BCUT2D eigenvalue weighted by Crippen LogP contribution is 2.23. The number of hydrogen-bond acceptors (Lipinski definition) is 2. The normalized spacial score (nSPS) is 17.6. The first-order chi connectivity index (χ1) is 7.68. The number of carbonyl (C=O) groups is 1. The molecule has 0 spiro atoms. The molecule has 0 aliphatic carbocycles. The maximum absolute atomic E-state index is 11.9. The van der Waals surface area contributed by atoms with Gasteiger partial charge in [-0.05, 0) is 47.1 Å². The van der Waals surface area contributed by atoms with Gasteiger partial charge >= 0.3 is 0 Å². The van der Waals surface area contributed by atoms with E-state index in [1.807, 2.05) is 31.2 Å². The van der Waals surface area contributed by atoms with Crippen LogP contribution in [0.4, 0.5) is 5.69 Å². The maximum atomic E-state index is 11.9. The Morgan fingerprint density at radius 3 is 2.75 bits per heavy atom. The van der Waals surface area contributed by atoms with E-state index < -0.39 is 0 Å². The number of nitrogens with one attached hydrogen (secondary N) is 2. The smallest absolute Gasteiger partial charge is 0.227 e. The molecule has 86 valence electrons. The molecule has 1 aliphatic heterocycles. The van der Waals surface area contributed by atoms with Crippen molar-refractivity contribution >= 4 is 27.5 Å². The van der Waals surface area contributed by atoms with Crippen LogP contribution in [0.3, 0.4) is 0 Å². The van der Waals surface area contributed by atoms with E-state index in [-0.39, 0.29) is 11.8 Å². The van der Waals surface area contributed by atoms with Crippen molar-refractivity contribution in [2.75, 3.05) is 18.4 Å². The van der Waals surface area contributed by atoms with E-state index in [1.54, 1.807) is 0 Å². The number of carbonyl (C=O) groups excluding carboxylic acids is 1. The minimum absolute atomic E-state index is 0.0633. The van der Waals surface area contributed by atoms with Gasteiger partial charge in [-0.1, -0.05) is 19.1 Å². The van der Waals surface area contributed by atoms with Gasteiger partial charge in [0.15, 0.2) is 0 Å². The molecule has 1 saturated heterocycles. The van der Waals surface area contributed by atoms with E-state index in [9.17, 15) is 4.79 Å². The standard InChI is InChI=1S/C12H15BrN2O/c1-8(9-6-14-7-9)12(16)15-11-5-3-2-4-10(11)13/h2-5,8-9,14H,6-7H2,1H3,(H,15,16). The van der Waals surface area contributed by atoms with Crippen LogP contribution in [0.5, 0.6) is 0 Å². The SMILES string of the molecule is CC(C(=O)Nc1ccccc1Br)C1CNC1. The van der Waals surface area contributed by atoms with E-state index in [2.05, 4.69) is 26.6 Å². The zero-order chi connectivity index (χ0) is 11.5. The molecule has 1 atom stereocenters. The Morgan fingerprint density at radius 2 is 2.19 bits per heavy atom. The lowest BCUT2D eigenvalue weighted by atomic mass is 9.88. The fourth-order valence-corrected chi connectivity index (χ4v) is 2.07. The van der Waals surface area contributed by atoms with Crippen LogP contribution >= 0.6 is 15.9 Å². The predicted molar refractivity (Wildman–Crippen MR) is 68.3 cm³/mol. The van der Waals surface area contributed by atoms with E-state index in [0.29, 0.717) is 5.92 Å². The molecular weight excluding hydrogens is 268 g/mol. The molecule has 0 saturated carbocycles. The summed E-state index contributed by atoms with van der Waals surface area (Å²) in [6.45, 7) is 3.88. The Balaban J connectivity index is 1.99. The topological polar surface area (TPSA) is 41.1 Å². The molecule has 2 rings (SSSR count). The number of amides is 1. The van der Waals surface area contributed by atoms with Crippen molar-refractivity contribution in [2.24, 2.45) is 11.8 Å². The van der Waals surface area contributed by atoms with Gasteiger partial charge in [0.2, 0.25) is 5.91 Å². The number of rotatable bonds is 3. The molecule has 1 aromatic rings. The van der Waals surface area contributed by atoms with Crippen LogP contribution in [-0.4, -0.2) is 19.0 Å². The van der Waals surface area contributed by atoms with Crippen molar-refractivity contribution in [3.8, 4) is 0 Å². The van der Waals surface area contributed by atoms with Gasteiger partial charge < -0.3 is 10.6 Å². The van der Waals surface area contributed by atoms with Crippen LogP contribution in [0.1, 0.15) is 6.92 Å². The van der Waals surface area contributed by atoms with Crippen LogP contribution < -0.4 is 10.6 Å². The second-order valence-electron chi connectivity index (χ2n) is 4.18. The number of halogens is 1. The summed E-state index contributed by atoms with van der Waals surface area (Å²) in [5.74, 6) is 0.634. The molecule has 0 radical (unpaired) electrons. The molecule has 1 aromatic carbocycles. The Morgan fingerprint density at radius 1 is 1.50 bits per heavy atom.